The Labute approximate surface area is 98.7 Å². The number of phenolic OH excluding ortho intramolecular Hbond substituents is 2. The first-order valence-electron chi connectivity index (χ1n) is 4.85. The summed E-state index contributed by atoms with van der Waals surface area (Å²) in [5.41, 5.74) is 0. The van der Waals surface area contributed by atoms with Crippen molar-refractivity contribution < 1.29 is 19.7 Å². The molecule has 2 aromatic rings. The van der Waals surface area contributed by atoms with Crippen molar-refractivity contribution in [3.8, 4) is 17.2 Å². The Hall–Kier alpha value is -2.49. The van der Waals surface area contributed by atoms with E-state index in [4.69, 9.17) is 10.2 Å². The van der Waals surface area contributed by atoms with Crippen LogP contribution in [-0.2, 0) is 4.79 Å². The normalized spacial score (nSPS) is 8.71. The largest absolute Gasteiger partial charge is 0.508 e. The third kappa shape index (κ3) is 5.22. The maximum absolute atomic E-state index is 9.78. The minimum atomic E-state index is 0.0827. The molecule has 0 amide bonds. The highest BCUT2D eigenvalue weighted by Crippen LogP contribution is 2.16. The second kappa shape index (κ2) is 6.90. The summed E-state index contributed by atoms with van der Waals surface area (Å²) in [6, 6.07) is 14.7. The number of rotatable bonds is 2. The number of aromatic hydroxyl groups is 2. The van der Waals surface area contributed by atoms with Crippen molar-refractivity contribution in [3.05, 3.63) is 54.6 Å². The third-order valence-corrected chi connectivity index (χ3v) is 1.76. The van der Waals surface area contributed by atoms with Gasteiger partial charge < -0.3 is 14.9 Å². The molecule has 0 aliphatic heterocycles. The van der Waals surface area contributed by atoms with Gasteiger partial charge in [-0.1, -0.05) is 24.3 Å². The Morgan fingerprint density at radius 3 is 2.00 bits per heavy atom. The molecule has 0 unspecified atom stereocenters. The van der Waals surface area contributed by atoms with Crippen LogP contribution in [0.5, 0.6) is 17.2 Å². The standard InChI is InChI=1S/C7H6O3.C6H6O/c8-5-10-7-3-1-2-6(9)4-7;7-6-4-2-1-3-5-6/h1-5,9H;1-5,7H. The summed E-state index contributed by atoms with van der Waals surface area (Å²) in [6.07, 6.45) is 0. The first-order chi connectivity index (χ1) is 8.22. The van der Waals surface area contributed by atoms with E-state index in [2.05, 4.69) is 4.74 Å². The molecule has 0 heterocycles. The Morgan fingerprint density at radius 2 is 1.53 bits per heavy atom. The molecule has 0 aliphatic rings. The lowest BCUT2D eigenvalue weighted by Gasteiger charge is -1.95. The van der Waals surface area contributed by atoms with Crippen LogP contribution in [0.1, 0.15) is 0 Å². The monoisotopic (exact) mass is 232 g/mol. The van der Waals surface area contributed by atoms with Crippen molar-refractivity contribution in [1.29, 1.82) is 0 Å². The summed E-state index contributed by atoms with van der Waals surface area (Å²) >= 11 is 0. The van der Waals surface area contributed by atoms with Gasteiger partial charge in [0, 0.05) is 6.07 Å². The van der Waals surface area contributed by atoms with Crippen LogP contribution >= 0.6 is 0 Å². The number of carbonyl (C=O) groups excluding carboxylic acids is 1. The van der Waals surface area contributed by atoms with E-state index in [9.17, 15) is 4.79 Å². The van der Waals surface area contributed by atoms with Crippen LogP contribution in [0.2, 0.25) is 0 Å². The zero-order chi connectivity index (χ0) is 12.5. The van der Waals surface area contributed by atoms with E-state index in [1.165, 1.54) is 12.1 Å². The van der Waals surface area contributed by atoms with Crippen molar-refractivity contribution in [2.24, 2.45) is 0 Å². The maximum atomic E-state index is 9.78. The van der Waals surface area contributed by atoms with E-state index in [1.807, 2.05) is 6.07 Å². The van der Waals surface area contributed by atoms with Gasteiger partial charge >= 0.3 is 0 Å². The van der Waals surface area contributed by atoms with E-state index >= 15 is 0 Å². The van der Waals surface area contributed by atoms with Crippen LogP contribution in [0.25, 0.3) is 0 Å². The third-order valence-electron chi connectivity index (χ3n) is 1.76. The van der Waals surface area contributed by atoms with E-state index < -0.39 is 0 Å². The fourth-order valence-corrected chi connectivity index (χ4v) is 1.04. The van der Waals surface area contributed by atoms with Crippen LogP contribution in [0, 0.1) is 0 Å². The van der Waals surface area contributed by atoms with Gasteiger partial charge in [0.1, 0.15) is 17.2 Å². The molecule has 0 saturated carbocycles. The van der Waals surface area contributed by atoms with E-state index in [-0.39, 0.29) is 5.75 Å². The van der Waals surface area contributed by atoms with Crippen molar-refractivity contribution in [2.75, 3.05) is 0 Å². The van der Waals surface area contributed by atoms with Gasteiger partial charge in [-0.25, -0.2) is 0 Å². The number of hydrogen-bond donors (Lipinski definition) is 2. The molecule has 2 N–H and O–H groups in total. The molecule has 4 nitrogen and oxygen atoms in total. The molecular weight excluding hydrogens is 220 g/mol. The number of hydrogen-bond acceptors (Lipinski definition) is 4. The molecule has 0 spiro atoms. The fraction of sp³-hybridized carbons (Fsp3) is 0. The van der Waals surface area contributed by atoms with Gasteiger partial charge in [-0.3, -0.25) is 4.79 Å². The van der Waals surface area contributed by atoms with E-state index in [0.717, 1.165) is 0 Å². The first-order valence-corrected chi connectivity index (χ1v) is 4.85. The highest BCUT2D eigenvalue weighted by atomic mass is 16.5. The first kappa shape index (κ1) is 12.6. The second-order valence-corrected chi connectivity index (χ2v) is 3.05. The molecular formula is C13H12O4. The van der Waals surface area contributed by atoms with Gasteiger partial charge in [0.15, 0.2) is 0 Å². The van der Waals surface area contributed by atoms with Crippen LogP contribution in [0.3, 0.4) is 0 Å². The van der Waals surface area contributed by atoms with Gasteiger partial charge in [0.25, 0.3) is 6.47 Å². The average Bonchev–Trinajstić information content (AvgIpc) is 2.31. The van der Waals surface area contributed by atoms with Gasteiger partial charge in [-0.2, -0.15) is 0 Å². The molecule has 0 aliphatic carbocycles. The molecule has 4 heteroatoms. The molecule has 88 valence electrons. The maximum Gasteiger partial charge on any atom is 0.298 e. The molecule has 0 saturated heterocycles. The van der Waals surface area contributed by atoms with Gasteiger partial charge in [-0.15, -0.1) is 0 Å². The Kier molecular flexibility index (Phi) is 5.10. The number of para-hydroxylation sites is 1. The fourth-order valence-electron chi connectivity index (χ4n) is 1.04. The van der Waals surface area contributed by atoms with Crippen LogP contribution in [0.15, 0.2) is 54.6 Å². The van der Waals surface area contributed by atoms with Crippen LogP contribution in [-0.4, -0.2) is 16.7 Å². The molecule has 2 aromatic carbocycles. The molecule has 0 atom stereocenters. The average molecular weight is 232 g/mol. The summed E-state index contributed by atoms with van der Waals surface area (Å²) < 4.78 is 4.45. The highest BCUT2D eigenvalue weighted by Gasteiger charge is 1.91. The lowest BCUT2D eigenvalue weighted by atomic mass is 10.3. The summed E-state index contributed by atoms with van der Waals surface area (Å²) in [5, 5.41) is 17.5. The zero-order valence-corrected chi connectivity index (χ0v) is 8.98. The predicted octanol–water partition coefficient (Wildman–Crippen LogP) is 2.32. The molecule has 0 bridgehead atoms. The number of carbonyl (C=O) groups is 1. The smallest absolute Gasteiger partial charge is 0.298 e. The number of benzene rings is 2. The minimum Gasteiger partial charge on any atom is -0.508 e. The minimum absolute atomic E-state index is 0.0827. The lowest BCUT2D eigenvalue weighted by molar-refractivity contribution is -0.120. The van der Waals surface area contributed by atoms with Gasteiger partial charge in [-0.05, 0) is 24.3 Å². The number of ether oxygens (including phenoxy) is 1. The molecule has 17 heavy (non-hydrogen) atoms. The van der Waals surface area contributed by atoms with Crippen molar-refractivity contribution in [3.63, 3.8) is 0 Å². The lowest BCUT2D eigenvalue weighted by Crippen LogP contribution is -1.86. The molecule has 2 rings (SSSR count). The summed E-state index contributed by atoms with van der Waals surface area (Å²) in [7, 11) is 0. The van der Waals surface area contributed by atoms with Gasteiger partial charge in [0.05, 0.1) is 0 Å². The topological polar surface area (TPSA) is 66.8 Å². The summed E-state index contributed by atoms with van der Waals surface area (Å²) in [5.74, 6) is 0.747. The molecule has 0 radical (unpaired) electrons. The Balaban J connectivity index is 0.000000181. The number of phenols is 2. The quantitative estimate of drug-likeness (QED) is 0.780. The van der Waals surface area contributed by atoms with Crippen molar-refractivity contribution >= 4 is 6.47 Å². The SMILES string of the molecule is O=COc1cccc(O)c1.Oc1ccccc1. The van der Waals surface area contributed by atoms with Crippen molar-refractivity contribution in [2.45, 2.75) is 0 Å². The molecule has 0 fully saturated rings. The van der Waals surface area contributed by atoms with Gasteiger partial charge in [0.2, 0.25) is 0 Å². The summed E-state index contributed by atoms with van der Waals surface area (Å²) in [4.78, 5) is 9.78. The van der Waals surface area contributed by atoms with E-state index in [1.54, 1.807) is 36.4 Å². The molecule has 0 aromatic heterocycles. The Bertz CT molecular complexity index is 454. The second-order valence-electron chi connectivity index (χ2n) is 3.05. The Morgan fingerprint density at radius 1 is 0.882 bits per heavy atom. The van der Waals surface area contributed by atoms with E-state index in [0.29, 0.717) is 18.0 Å². The van der Waals surface area contributed by atoms with Crippen LogP contribution < -0.4 is 4.74 Å². The zero-order valence-electron chi connectivity index (χ0n) is 8.98. The summed E-state index contributed by atoms with van der Waals surface area (Å²) in [6.45, 7) is 0.314. The predicted molar refractivity (Wildman–Crippen MR) is 62.9 cm³/mol. The van der Waals surface area contributed by atoms with Crippen LogP contribution in [0.4, 0.5) is 0 Å². The highest BCUT2D eigenvalue weighted by molar-refractivity contribution is 5.46. The van der Waals surface area contributed by atoms with Crippen molar-refractivity contribution in [1.82, 2.24) is 0 Å².